The lowest BCUT2D eigenvalue weighted by molar-refractivity contribution is 0.0528. The zero-order valence-corrected chi connectivity index (χ0v) is 12.9. The highest BCUT2D eigenvalue weighted by Crippen LogP contribution is 2.27. The third-order valence-electron chi connectivity index (χ3n) is 3.54. The van der Waals surface area contributed by atoms with Crippen molar-refractivity contribution in [2.75, 3.05) is 19.6 Å². The normalized spacial score (nSPS) is 24.0. The second-order valence-electron chi connectivity index (χ2n) is 6.76. The van der Waals surface area contributed by atoms with Gasteiger partial charge in [-0.1, -0.05) is 19.8 Å². The van der Waals surface area contributed by atoms with Crippen molar-refractivity contribution in [1.29, 1.82) is 0 Å². The van der Waals surface area contributed by atoms with Crippen LogP contribution in [0, 0.1) is 11.8 Å². The molecule has 112 valence electrons. The third-order valence-corrected chi connectivity index (χ3v) is 3.54. The summed E-state index contributed by atoms with van der Waals surface area (Å²) < 4.78 is 5.17. The van der Waals surface area contributed by atoms with Gasteiger partial charge in [0.2, 0.25) is 0 Å². The molecule has 1 aliphatic carbocycles. The molecule has 0 spiro atoms. The van der Waals surface area contributed by atoms with Crippen LogP contribution in [0.5, 0.6) is 0 Å². The van der Waals surface area contributed by atoms with Gasteiger partial charge in [-0.2, -0.15) is 0 Å². The molecule has 1 rings (SSSR count). The van der Waals surface area contributed by atoms with Crippen LogP contribution in [0.1, 0.15) is 53.4 Å². The number of amides is 1. The van der Waals surface area contributed by atoms with Crippen LogP contribution < -0.4 is 10.6 Å². The van der Waals surface area contributed by atoms with Crippen molar-refractivity contribution in [2.45, 2.75) is 59.0 Å². The molecule has 1 aliphatic rings. The Morgan fingerprint density at radius 3 is 2.37 bits per heavy atom. The molecule has 0 radical (unpaired) electrons. The molecule has 0 unspecified atom stereocenters. The fraction of sp³-hybridized carbons (Fsp3) is 0.933. The molecule has 1 amide bonds. The minimum Gasteiger partial charge on any atom is -0.444 e. The number of alkyl carbamates (subject to hydrolysis) is 1. The quantitative estimate of drug-likeness (QED) is 0.755. The van der Waals surface area contributed by atoms with Crippen molar-refractivity contribution in [3.8, 4) is 0 Å². The molecule has 0 heterocycles. The van der Waals surface area contributed by atoms with E-state index in [0.29, 0.717) is 6.54 Å². The molecule has 2 N–H and O–H groups in total. The second kappa shape index (κ2) is 7.73. The van der Waals surface area contributed by atoms with Crippen LogP contribution in [0.4, 0.5) is 4.79 Å². The van der Waals surface area contributed by atoms with Crippen LogP contribution >= 0.6 is 0 Å². The van der Waals surface area contributed by atoms with Gasteiger partial charge in [-0.15, -0.1) is 0 Å². The van der Waals surface area contributed by atoms with E-state index in [1.165, 1.54) is 25.7 Å². The fourth-order valence-electron chi connectivity index (χ4n) is 2.41. The van der Waals surface area contributed by atoms with Gasteiger partial charge in [0.15, 0.2) is 0 Å². The summed E-state index contributed by atoms with van der Waals surface area (Å²) >= 11 is 0. The van der Waals surface area contributed by atoms with E-state index < -0.39 is 5.60 Å². The zero-order valence-electron chi connectivity index (χ0n) is 12.9. The van der Waals surface area contributed by atoms with Crippen molar-refractivity contribution >= 4 is 6.09 Å². The Kier molecular flexibility index (Phi) is 6.63. The predicted octanol–water partition coefficient (Wildman–Crippen LogP) is 2.93. The Morgan fingerprint density at radius 1 is 1.16 bits per heavy atom. The average molecular weight is 270 g/mol. The first kappa shape index (κ1) is 16.3. The Morgan fingerprint density at radius 2 is 1.79 bits per heavy atom. The average Bonchev–Trinajstić information content (AvgIpc) is 2.29. The summed E-state index contributed by atoms with van der Waals surface area (Å²) in [6.07, 6.45) is 5.08. The van der Waals surface area contributed by atoms with Crippen LogP contribution in [0.3, 0.4) is 0 Å². The molecule has 0 atom stereocenters. The van der Waals surface area contributed by atoms with Gasteiger partial charge in [0.25, 0.3) is 0 Å². The molecular weight excluding hydrogens is 240 g/mol. The predicted molar refractivity (Wildman–Crippen MR) is 78.2 cm³/mol. The molecule has 0 aromatic carbocycles. The molecule has 0 aromatic rings. The van der Waals surface area contributed by atoms with Gasteiger partial charge < -0.3 is 15.4 Å². The first-order valence-corrected chi connectivity index (χ1v) is 7.54. The van der Waals surface area contributed by atoms with Crippen LogP contribution in [-0.4, -0.2) is 31.3 Å². The summed E-state index contributed by atoms with van der Waals surface area (Å²) in [5.41, 5.74) is -0.420. The number of rotatable bonds is 5. The first-order valence-electron chi connectivity index (χ1n) is 7.54. The van der Waals surface area contributed by atoms with E-state index in [2.05, 4.69) is 17.6 Å². The standard InChI is InChI=1S/C15H30N2O2/c1-12-5-7-13(8-6-12)11-16-9-10-17-14(18)19-15(2,3)4/h12-13,16H,5-11H2,1-4H3,(H,17,18). The summed E-state index contributed by atoms with van der Waals surface area (Å²) in [7, 11) is 0. The maximum absolute atomic E-state index is 11.4. The van der Waals surface area contributed by atoms with Crippen LogP contribution in [-0.2, 0) is 4.74 Å². The third kappa shape index (κ3) is 8.09. The lowest BCUT2D eigenvalue weighted by atomic mass is 9.83. The highest BCUT2D eigenvalue weighted by molar-refractivity contribution is 5.67. The number of ether oxygens (including phenoxy) is 1. The van der Waals surface area contributed by atoms with E-state index in [1.54, 1.807) is 0 Å². The topological polar surface area (TPSA) is 50.4 Å². The van der Waals surface area contributed by atoms with Gasteiger partial charge in [-0.25, -0.2) is 4.79 Å². The molecule has 0 aromatic heterocycles. The summed E-state index contributed by atoms with van der Waals surface area (Å²) in [6.45, 7) is 10.5. The highest BCUT2D eigenvalue weighted by Gasteiger charge is 2.18. The summed E-state index contributed by atoms with van der Waals surface area (Å²) in [4.78, 5) is 11.4. The monoisotopic (exact) mass is 270 g/mol. The van der Waals surface area contributed by atoms with Crippen molar-refractivity contribution in [3.05, 3.63) is 0 Å². The van der Waals surface area contributed by atoms with Gasteiger partial charge in [0, 0.05) is 13.1 Å². The lowest BCUT2D eigenvalue weighted by Crippen LogP contribution is -2.37. The van der Waals surface area contributed by atoms with E-state index >= 15 is 0 Å². The van der Waals surface area contributed by atoms with E-state index in [0.717, 1.165) is 24.9 Å². The minimum atomic E-state index is -0.420. The molecular formula is C15H30N2O2. The minimum absolute atomic E-state index is 0.333. The van der Waals surface area contributed by atoms with Crippen molar-refractivity contribution in [2.24, 2.45) is 11.8 Å². The first-order chi connectivity index (χ1) is 8.87. The van der Waals surface area contributed by atoms with Crippen molar-refractivity contribution in [1.82, 2.24) is 10.6 Å². The van der Waals surface area contributed by atoms with E-state index in [-0.39, 0.29) is 6.09 Å². The van der Waals surface area contributed by atoms with Crippen molar-refractivity contribution in [3.63, 3.8) is 0 Å². The molecule has 19 heavy (non-hydrogen) atoms. The molecule has 1 fully saturated rings. The molecule has 4 heteroatoms. The van der Waals surface area contributed by atoms with E-state index in [4.69, 9.17) is 4.74 Å². The molecule has 0 bridgehead atoms. The second-order valence-corrected chi connectivity index (χ2v) is 6.76. The molecule has 4 nitrogen and oxygen atoms in total. The van der Waals surface area contributed by atoms with Gasteiger partial charge in [-0.3, -0.25) is 0 Å². The number of hydrogen-bond donors (Lipinski definition) is 2. The van der Waals surface area contributed by atoms with Crippen LogP contribution in [0.2, 0.25) is 0 Å². The lowest BCUT2D eigenvalue weighted by Gasteiger charge is -2.26. The highest BCUT2D eigenvalue weighted by atomic mass is 16.6. The smallest absolute Gasteiger partial charge is 0.407 e. The van der Waals surface area contributed by atoms with Crippen LogP contribution in [0.25, 0.3) is 0 Å². The van der Waals surface area contributed by atoms with Gasteiger partial charge in [0.1, 0.15) is 5.60 Å². The van der Waals surface area contributed by atoms with Gasteiger partial charge >= 0.3 is 6.09 Å². The van der Waals surface area contributed by atoms with Crippen molar-refractivity contribution < 1.29 is 9.53 Å². The van der Waals surface area contributed by atoms with E-state index in [9.17, 15) is 4.79 Å². The van der Waals surface area contributed by atoms with Gasteiger partial charge in [0.05, 0.1) is 0 Å². The van der Waals surface area contributed by atoms with Crippen LogP contribution in [0.15, 0.2) is 0 Å². The van der Waals surface area contributed by atoms with E-state index in [1.807, 2.05) is 20.8 Å². The van der Waals surface area contributed by atoms with Gasteiger partial charge in [-0.05, 0) is 52.0 Å². The number of carbonyl (C=O) groups excluding carboxylic acids is 1. The number of hydrogen-bond acceptors (Lipinski definition) is 3. The summed E-state index contributed by atoms with van der Waals surface area (Å²) in [6, 6.07) is 0. The molecule has 1 saturated carbocycles. The maximum atomic E-state index is 11.4. The SMILES string of the molecule is CC1CCC(CNCCNC(=O)OC(C)(C)C)CC1. The largest absolute Gasteiger partial charge is 0.444 e. The summed E-state index contributed by atoms with van der Waals surface area (Å²) in [5.74, 6) is 1.72. The summed E-state index contributed by atoms with van der Waals surface area (Å²) in [5, 5.41) is 6.18. The number of carbonyl (C=O) groups is 1. The zero-order chi connectivity index (χ0) is 14.3. The fourth-order valence-corrected chi connectivity index (χ4v) is 2.41. The Labute approximate surface area is 117 Å². The molecule has 0 saturated heterocycles. The molecule has 0 aliphatic heterocycles. The maximum Gasteiger partial charge on any atom is 0.407 e. The number of nitrogens with one attached hydrogen (secondary N) is 2. The Balaban J connectivity index is 1.98. The Bertz CT molecular complexity index is 266. The Hall–Kier alpha value is -0.770.